The van der Waals surface area contributed by atoms with E-state index in [9.17, 15) is 24.3 Å². The number of nitrogens with two attached hydrogens (primary N) is 2. The predicted octanol–water partition coefficient (Wildman–Crippen LogP) is -0.588. The van der Waals surface area contributed by atoms with Crippen molar-refractivity contribution in [3.8, 4) is 0 Å². The van der Waals surface area contributed by atoms with Gasteiger partial charge in [0.1, 0.15) is 12.1 Å². The molecular weight excluding hydrogens is 410 g/mol. The second-order valence-electron chi connectivity index (χ2n) is 7.21. The molecule has 0 aliphatic carbocycles. The van der Waals surface area contributed by atoms with E-state index in [-0.39, 0.29) is 18.9 Å². The lowest BCUT2D eigenvalue weighted by Crippen LogP contribution is -2.54. The fraction of sp³-hybridized carbons (Fsp3) is 0.789. The Balaban J connectivity index is 4.77. The molecule has 174 valence electrons. The molecular formula is C19H37N5O5S. The van der Waals surface area contributed by atoms with E-state index >= 15 is 0 Å². The molecule has 0 aliphatic rings. The minimum atomic E-state index is -1.14. The van der Waals surface area contributed by atoms with Crippen LogP contribution in [0.5, 0.6) is 0 Å². The molecule has 11 heteroatoms. The van der Waals surface area contributed by atoms with Crippen LogP contribution in [0.1, 0.15) is 46.0 Å². The van der Waals surface area contributed by atoms with Crippen LogP contribution >= 0.6 is 11.8 Å². The van der Waals surface area contributed by atoms with Crippen molar-refractivity contribution < 1.29 is 24.3 Å². The quantitative estimate of drug-likeness (QED) is 0.170. The maximum atomic E-state index is 12.5. The lowest BCUT2D eigenvalue weighted by Gasteiger charge is -2.23. The van der Waals surface area contributed by atoms with E-state index in [0.29, 0.717) is 31.6 Å². The van der Waals surface area contributed by atoms with Gasteiger partial charge in [-0.2, -0.15) is 11.8 Å². The lowest BCUT2D eigenvalue weighted by molar-refractivity contribution is -0.142. The normalized spacial score (nSPS) is 14.8. The van der Waals surface area contributed by atoms with Crippen molar-refractivity contribution in [1.29, 1.82) is 0 Å². The average Bonchev–Trinajstić information content (AvgIpc) is 2.72. The summed E-state index contributed by atoms with van der Waals surface area (Å²) in [5, 5.41) is 16.7. The van der Waals surface area contributed by atoms with Gasteiger partial charge in [0.05, 0.1) is 12.6 Å². The van der Waals surface area contributed by atoms with Gasteiger partial charge in [-0.1, -0.05) is 20.3 Å². The molecule has 0 saturated carbocycles. The summed E-state index contributed by atoms with van der Waals surface area (Å²) in [5.74, 6) is -2.09. The van der Waals surface area contributed by atoms with Crippen LogP contribution in [0, 0.1) is 5.92 Å². The molecule has 0 radical (unpaired) electrons. The van der Waals surface area contributed by atoms with Crippen LogP contribution in [0.25, 0.3) is 0 Å². The van der Waals surface area contributed by atoms with Crippen LogP contribution in [-0.2, 0) is 19.2 Å². The third-order valence-corrected chi connectivity index (χ3v) is 5.45. The maximum Gasteiger partial charge on any atom is 0.326 e. The van der Waals surface area contributed by atoms with Crippen LogP contribution in [0.2, 0.25) is 0 Å². The molecule has 4 atom stereocenters. The van der Waals surface area contributed by atoms with Crippen molar-refractivity contribution in [2.75, 3.05) is 25.1 Å². The highest BCUT2D eigenvalue weighted by Crippen LogP contribution is 2.07. The number of carboxylic acid groups (broad SMARTS) is 1. The summed E-state index contributed by atoms with van der Waals surface area (Å²) < 4.78 is 0. The first-order valence-electron chi connectivity index (χ1n) is 10.2. The number of aliphatic carboxylic acids is 1. The summed E-state index contributed by atoms with van der Waals surface area (Å²) in [6.07, 6.45) is 4.47. The maximum absolute atomic E-state index is 12.5. The molecule has 0 spiro atoms. The molecule has 0 bridgehead atoms. The zero-order valence-electron chi connectivity index (χ0n) is 18.1. The summed E-state index contributed by atoms with van der Waals surface area (Å²) in [5.41, 5.74) is 11.3. The van der Waals surface area contributed by atoms with Gasteiger partial charge in [-0.05, 0) is 50.2 Å². The van der Waals surface area contributed by atoms with Crippen LogP contribution in [0.3, 0.4) is 0 Å². The first kappa shape index (κ1) is 28.1. The third kappa shape index (κ3) is 11.4. The Hall–Kier alpha value is -1.85. The molecule has 0 heterocycles. The Morgan fingerprint density at radius 2 is 1.70 bits per heavy atom. The molecule has 0 saturated heterocycles. The molecule has 3 amide bonds. The minimum Gasteiger partial charge on any atom is -0.480 e. The van der Waals surface area contributed by atoms with Gasteiger partial charge in [-0.25, -0.2) is 4.79 Å². The van der Waals surface area contributed by atoms with Crippen LogP contribution < -0.4 is 27.4 Å². The molecule has 0 aromatic rings. The highest BCUT2D eigenvalue weighted by molar-refractivity contribution is 7.98. The van der Waals surface area contributed by atoms with Gasteiger partial charge in [-0.3, -0.25) is 14.4 Å². The van der Waals surface area contributed by atoms with Crippen molar-refractivity contribution in [3.05, 3.63) is 0 Å². The monoisotopic (exact) mass is 447 g/mol. The molecule has 10 nitrogen and oxygen atoms in total. The zero-order valence-corrected chi connectivity index (χ0v) is 18.9. The number of hydrogen-bond donors (Lipinski definition) is 6. The van der Waals surface area contributed by atoms with Crippen molar-refractivity contribution in [2.24, 2.45) is 17.4 Å². The third-order valence-electron chi connectivity index (χ3n) is 4.81. The van der Waals surface area contributed by atoms with Crippen molar-refractivity contribution in [1.82, 2.24) is 16.0 Å². The number of carbonyl (C=O) groups excluding carboxylic acids is 3. The van der Waals surface area contributed by atoms with Gasteiger partial charge in [0.15, 0.2) is 0 Å². The van der Waals surface area contributed by atoms with E-state index in [0.717, 1.165) is 6.42 Å². The van der Waals surface area contributed by atoms with Gasteiger partial charge in [0.2, 0.25) is 17.7 Å². The van der Waals surface area contributed by atoms with E-state index < -0.39 is 41.8 Å². The molecule has 30 heavy (non-hydrogen) atoms. The highest BCUT2D eigenvalue weighted by atomic mass is 32.2. The number of carbonyl (C=O) groups is 4. The number of amides is 3. The Labute approximate surface area is 182 Å². The molecule has 0 aromatic heterocycles. The van der Waals surface area contributed by atoms with Gasteiger partial charge >= 0.3 is 5.97 Å². The van der Waals surface area contributed by atoms with E-state index in [4.69, 9.17) is 11.5 Å². The summed E-state index contributed by atoms with van der Waals surface area (Å²) in [6, 6.07) is -2.60. The molecule has 0 fully saturated rings. The van der Waals surface area contributed by atoms with E-state index in [1.807, 2.05) is 20.1 Å². The first-order valence-corrected chi connectivity index (χ1v) is 11.6. The second kappa shape index (κ2) is 15.9. The SMILES string of the molecule is CCC(C)C(N)C(=O)NC(CCSC)C(=O)NCC(=O)NC(CCCCN)C(=O)O. The van der Waals surface area contributed by atoms with Crippen molar-refractivity contribution in [3.63, 3.8) is 0 Å². The summed E-state index contributed by atoms with van der Waals surface area (Å²) in [6.45, 7) is 3.84. The second-order valence-corrected chi connectivity index (χ2v) is 8.20. The number of unbranched alkanes of at least 4 members (excludes halogenated alkanes) is 1. The van der Waals surface area contributed by atoms with Crippen LogP contribution in [-0.4, -0.2) is 72.0 Å². The Bertz CT molecular complexity index is 563. The summed E-state index contributed by atoms with van der Waals surface area (Å²) in [7, 11) is 0. The predicted molar refractivity (Wildman–Crippen MR) is 118 cm³/mol. The summed E-state index contributed by atoms with van der Waals surface area (Å²) in [4.78, 5) is 48.2. The van der Waals surface area contributed by atoms with Crippen LogP contribution in [0.4, 0.5) is 0 Å². The number of hydrogen-bond acceptors (Lipinski definition) is 7. The minimum absolute atomic E-state index is 0.0349. The Kier molecular flexibility index (Phi) is 14.9. The number of rotatable bonds is 16. The number of thioether (sulfide) groups is 1. The fourth-order valence-corrected chi connectivity index (χ4v) is 3.04. The topological polar surface area (TPSA) is 177 Å². The van der Waals surface area contributed by atoms with Crippen molar-refractivity contribution >= 4 is 35.5 Å². The zero-order chi connectivity index (χ0) is 23.1. The Morgan fingerprint density at radius 1 is 1.03 bits per heavy atom. The van der Waals surface area contributed by atoms with Crippen LogP contribution in [0.15, 0.2) is 0 Å². The summed E-state index contributed by atoms with van der Waals surface area (Å²) >= 11 is 1.52. The van der Waals surface area contributed by atoms with E-state index in [1.54, 1.807) is 0 Å². The smallest absolute Gasteiger partial charge is 0.326 e. The van der Waals surface area contributed by atoms with Crippen molar-refractivity contribution in [2.45, 2.75) is 64.1 Å². The van der Waals surface area contributed by atoms with Gasteiger partial charge < -0.3 is 32.5 Å². The lowest BCUT2D eigenvalue weighted by atomic mass is 9.99. The van der Waals surface area contributed by atoms with Gasteiger partial charge in [0.25, 0.3) is 0 Å². The molecule has 4 unspecified atom stereocenters. The fourth-order valence-electron chi connectivity index (χ4n) is 2.57. The van der Waals surface area contributed by atoms with E-state index in [1.165, 1.54) is 11.8 Å². The number of nitrogens with one attached hydrogen (secondary N) is 3. The van der Waals surface area contributed by atoms with Gasteiger partial charge in [0, 0.05) is 0 Å². The molecule has 0 rings (SSSR count). The number of carboxylic acids is 1. The largest absolute Gasteiger partial charge is 0.480 e. The molecule has 8 N–H and O–H groups in total. The molecule has 0 aliphatic heterocycles. The standard InChI is InChI=1S/C19H37N5O5S/c1-4-12(2)16(21)18(27)24-13(8-10-30-3)17(26)22-11-15(25)23-14(19(28)29)7-5-6-9-20/h12-14,16H,4-11,20-21H2,1-3H3,(H,22,26)(H,23,25)(H,24,27)(H,28,29). The average molecular weight is 448 g/mol. The van der Waals surface area contributed by atoms with E-state index in [2.05, 4.69) is 16.0 Å². The molecule has 0 aromatic carbocycles. The van der Waals surface area contributed by atoms with Gasteiger partial charge in [-0.15, -0.1) is 0 Å². The Morgan fingerprint density at radius 3 is 2.23 bits per heavy atom. The first-order chi connectivity index (χ1) is 14.2. The highest BCUT2D eigenvalue weighted by Gasteiger charge is 2.26.